The molecule has 0 spiro atoms. The molecule has 0 radical (unpaired) electrons. The topological polar surface area (TPSA) is 24.9 Å². The quantitative estimate of drug-likeness (QED) is 0.887. The van der Waals surface area contributed by atoms with Gasteiger partial charge in [-0.15, -0.1) is 0 Å². The second-order valence-electron chi connectivity index (χ2n) is 4.55. The van der Waals surface area contributed by atoms with Crippen molar-refractivity contribution >= 4 is 0 Å². The van der Waals surface area contributed by atoms with Crippen LogP contribution in [0.3, 0.4) is 0 Å². The summed E-state index contributed by atoms with van der Waals surface area (Å²) in [5.74, 6) is 0. The molecule has 1 aromatic heterocycles. The zero-order valence-corrected chi connectivity index (χ0v) is 11.3. The number of hydrogen-bond acceptors (Lipinski definition) is 2. The van der Waals surface area contributed by atoms with Gasteiger partial charge in [0.25, 0.3) is 0 Å². The SMILES string of the molecule is CCc1cccc(C(NC)c2ccncc2C)c1. The van der Waals surface area contributed by atoms with E-state index in [2.05, 4.69) is 54.5 Å². The van der Waals surface area contributed by atoms with Gasteiger partial charge in [0, 0.05) is 12.4 Å². The Morgan fingerprint density at radius 3 is 2.78 bits per heavy atom. The van der Waals surface area contributed by atoms with Crippen molar-refractivity contribution in [2.24, 2.45) is 0 Å². The van der Waals surface area contributed by atoms with Crippen LogP contribution in [-0.2, 0) is 6.42 Å². The molecule has 1 aromatic carbocycles. The van der Waals surface area contributed by atoms with Crippen LogP contribution in [0.2, 0.25) is 0 Å². The Morgan fingerprint density at radius 1 is 1.28 bits per heavy atom. The van der Waals surface area contributed by atoms with Crippen LogP contribution in [0.15, 0.2) is 42.7 Å². The van der Waals surface area contributed by atoms with E-state index >= 15 is 0 Å². The first-order chi connectivity index (χ1) is 8.76. The highest BCUT2D eigenvalue weighted by Crippen LogP contribution is 2.24. The predicted octanol–water partition coefficient (Wildman–Crippen LogP) is 3.26. The summed E-state index contributed by atoms with van der Waals surface area (Å²) >= 11 is 0. The van der Waals surface area contributed by atoms with Crippen LogP contribution in [0.4, 0.5) is 0 Å². The first-order valence-electron chi connectivity index (χ1n) is 6.43. The number of aromatic nitrogens is 1. The lowest BCUT2D eigenvalue weighted by Crippen LogP contribution is -2.18. The Morgan fingerprint density at radius 2 is 2.11 bits per heavy atom. The van der Waals surface area contributed by atoms with Crippen molar-refractivity contribution in [1.82, 2.24) is 10.3 Å². The molecular formula is C16H20N2. The molecule has 0 aliphatic rings. The summed E-state index contributed by atoms with van der Waals surface area (Å²) in [4.78, 5) is 4.16. The minimum absolute atomic E-state index is 0.236. The lowest BCUT2D eigenvalue weighted by atomic mass is 9.95. The van der Waals surface area contributed by atoms with E-state index in [1.165, 1.54) is 22.3 Å². The maximum absolute atomic E-state index is 4.16. The zero-order chi connectivity index (χ0) is 13.0. The highest BCUT2D eigenvalue weighted by Gasteiger charge is 2.14. The van der Waals surface area contributed by atoms with Crippen LogP contribution < -0.4 is 5.32 Å². The van der Waals surface area contributed by atoms with Gasteiger partial charge in [0.1, 0.15) is 0 Å². The Balaban J connectivity index is 2.42. The third-order valence-electron chi connectivity index (χ3n) is 3.36. The van der Waals surface area contributed by atoms with E-state index in [4.69, 9.17) is 0 Å². The average Bonchev–Trinajstić information content (AvgIpc) is 2.42. The van der Waals surface area contributed by atoms with Gasteiger partial charge in [-0.1, -0.05) is 31.2 Å². The Labute approximate surface area is 109 Å². The molecule has 0 aliphatic heterocycles. The smallest absolute Gasteiger partial charge is 0.0578 e. The van der Waals surface area contributed by atoms with E-state index in [0.29, 0.717) is 0 Å². The summed E-state index contributed by atoms with van der Waals surface area (Å²) in [5.41, 5.74) is 5.20. The van der Waals surface area contributed by atoms with Crippen LogP contribution in [0.25, 0.3) is 0 Å². The summed E-state index contributed by atoms with van der Waals surface area (Å²) in [6, 6.07) is 11.1. The van der Waals surface area contributed by atoms with Crippen molar-refractivity contribution in [3.05, 3.63) is 65.0 Å². The van der Waals surface area contributed by atoms with Gasteiger partial charge in [0.05, 0.1) is 6.04 Å². The fourth-order valence-electron chi connectivity index (χ4n) is 2.30. The van der Waals surface area contributed by atoms with Crippen molar-refractivity contribution in [3.8, 4) is 0 Å². The summed E-state index contributed by atoms with van der Waals surface area (Å²) in [6.45, 7) is 4.29. The number of nitrogens with zero attached hydrogens (tertiary/aromatic N) is 1. The van der Waals surface area contributed by atoms with Crippen molar-refractivity contribution in [3.63, 3.8) is 0 Å². The molecule has 0 amide bonds. The minimum Gasteiger partial charge on any atom is -0.309 e. The largest absolute Gasteiger partial charge is 0.309 e. The molecule has 0 fully saturated rings. The van der Waals surface area contributed by atoms with Gasteiger partial charge < -0.3 is 5.32 Å². The van der Waals surface area contributed by atoms with Gasteiger partial charge in [-0.25, -0.2) is 0 Å². The summed E-state index contributed by atoms with van der Waals surface area (Å²) in [7, 11) is 2.00. The Hall–Kier alpha value is -1.67. The fourth-order valence-corrected chi connectivity index (χ4v) is 2.30. The maximum Gasteiger partial charge on any atom is 0.0578 e. The number of nitrogens with one attached hydrogen (secondary N) is 1. The molecule has 1 heterocycles. The van der Waals surface area contributed by atoms with Crippen LogP contribution in [0.1, 0.15) is 35.2 Å². The van der Waals surface area contributed by atoms with Gasteiger partial charge in [-0.3, -0.25) is 4.98 Å². The minimum atomic E-state index is 0.236. The first-order valence-corrected chi connectivity index (χ1v) is 6.43. The molecule has 2 rings (SSSR count). The van der Waals surface area contributed by atoms with Crippen molar-refractivity contribution < 1.29 is 0 Å². The molecule has 2 nitrogen and oxygen atoms in total. The monoisotopic (exact) mass is 240 g/mol. The molecular weight excluding hydrogens is 220 g/mol. The van der Waals surface area contributed by atoms with Crippen LogP contribution >= 0.6 is 0 Å². The maximum atomic E-state index is 4.16. The van der Waals surface area contributed by atoms with E-state index in [1.54, 1.807) is 0 Å². The number of aryl methyl sites for hydroxylation is 2. The summed E-state index contributed by atoms with van der Waals surface area (Å²) in [6.07, 6.45) is 4.85. The highest BCUT2D eigenvalue weighted by atomic mass is 14.9. The normalized spacial score (nSPS) is 12.4. The molecule has 0 saturated carbocycles. The van der Waals surface area contributed by atoms with E-state index in [9.17, 15) is 0 Å². The second-order valence-corrected chi connectivity index (χ2v) is 4.55. The highest BCUT2D eigenvalue weighted by molar-refractivity contribution is 5.36. The molecule has 1 N–H and O–H groups in total. The van der Waals surface area contributed by atoms with Gasteiger partial charge in [-0.05, 0) is 48.7 Å². The van der Waals surface area contributed by atoms with Crippen molar-refractivity contribution in [2.75, 3.05) is 7.05 Å². The fraction of sp³-hybridized carbons (Fsp3) is 0.312. The summed E-state index contributed by atoms with van der Waals surface area (Å²) < 4.78 is 0. The van der Waals surface area contributed by atoms with E-state index in [1.807, 2.05) is 19.4 Å². The van der Waals surface area contributed by atoms with Crippen LogP contribution in [-0.4, -0.2) is 12.0 Å². The standard InChI is InChI=1S/C16H20N2/c1-4-13-6-5-7-14(10-13)16(17-3)15-8-9-18-11-12(15)2/h5-11,16-17H,4H2,1-3H3. The van der Waals surface area contributed by atoms with Gasteiger partial charge >= 0.3 is 0 Å². The molecule has 2 aromatic rings. The summed E-state index contributed by atoms with van der Waals surface area (Å²) in [5, 5.41) is 3.40. The molecule has 0 saturated heterocycles. The van der Waals surface area contributed by atoms with Crippen LogP contribution in [0.5, 0.6) is 0 Å². The predicted molar refractivity (Wildman–Crippen MR) is 75.7 cm³/mol. The Bertz CT molecular complexity index is 520. The lowest BCUT2D eigenvalue weighted by Gasteiger charge is -2.19. The molecule has 2 heteroatoms. The number of hydrogen-bond donors (Lipinski definition) is 1. The number of rotatable bonds is 4. The molecule has 1 unspecified atom stereocenters. The Kier molecular flexibility index (Phi) is 4.11. The molecule has 1 atom stereocenters. The molecule has 0 bridgehead atoms. The molecule has 0 aliphatic carbocycles. The first kappa shape index (κ1) is 12.8. The van der Waals surface area contributed by atoms with E-state index in [-0.39, 0.29) is 6.04 Å². The van der Waals surface area contributed by atoms with Gasteiger partial charge in [-0.2, -0.15) is 0 Å². The van der Waals surface area contributed by atoms with Gasteiger partial charge in [0.2, 0.25) is 0 Å². The number of pyridine rings is 1. The number of benzene rings is 1. The lowest BCUT2D eigenvalue weighted by molar-refractivity contribution is 0.685. The average molecular weight is 240 g/mol. The second kappa shape index (κ2) is 5.78. The third kappa shape index (κ3) is 2.59. The third-order valence-corrected chi connectivity index (χ3v) is 3.36. The van der Waals surface area contributed by atoms with Crippen molar-refractivity contribution in [1.29, 1.82) is 0 Å². The van der Waals surface area contributed by atoms with Crippen LogP contribution in [0, 0.1) is 6.92 Å². The zero-order valence-electron chi connectivity index (χ0n) is 11.3. The van der Waals surface area contributed by atoms with Crippen molar-refractivity contribution in [2.45, 2.75) is 26.3 Å². The molecule has 18 heavy (non-hydrogen) atoms. The van der Waals surface area contributed by atoms with E-state index in [0.717, 1.165) is 6.42 Å². The van der Waals surface area contributed by atoms with Gasteiger partial charge in [0.15, 0.2) is 0 Å². The van der Waals surface area contributed by atoms with E-state index < -0.39 is 0 Å². The molecule has 94 valence electrons.